The van der Waals surface area contributed by atoms with E-state index in [2.05, 4.69) is 44.5 Å². The van der Waals surface area contributed by atoms with Gasteiger partial charge in [-0.25, -0.2) is 0 Å². The molecule has 0 aliphatic carbocycles. The molecule has 0 radical (unpaired) electrons. The van der Waals surface area contributed by atoms with Crippen LogP contribution in [0.3, 0.4) is 0 Å². The van der Waals surface area contributed by atoms with Crippen LogP contribution in [-0.4, -0.2) is 66.2 Å². The number of amides is 1. The van der Waals surface area contributed by atoms with Gasteiger partial charge in [0.1, 0.15) is 0 Å². The van der Waals surface area contributed by atoms with Crippen LogP contribution in [-0.2, 0) is 17.8 Å². The number of likely N-dealkylation sites (N-methyl/N-ethyl adjacent to an activating group) is 1. The predicted octanol–water partition coefficient (Wildman–Crippen LogP) is 1.55. The molecule has 1 aromatic heterocycles. The number of likely N-dealkylation sites (tertiary alicyclic amines) is 1. The second kappa shape index (κ2) is 9.62. The molecule has 0 saturated carbocycles. The van der Waals surface area contributed by atoms with Gasteiger partial charge in [-0.1, -0.05) is 30.3 Å². The van der Waals surface area contributed by atoms with Crippen LogP contribution >= 0.6 is 0 Å². The van der Waals surface area contributed by atoms with Crippen LogP contribution in [0.15, 0.2) is 34.7 Å². The molecule has 1 fully saturated rings. The van der Waals surface area contributed by atoms with Crippen molar-refractivity contribution >= 4 is 5.91 Å². The number of nitrogens with one attached hydrogen (secondary N) is 1. The normalized spacial score (nSPS) is 16.0. The molecule has 1 N–H and O–H groups in total. The average Bonchev–Trinajstić information content (AvgIpc) is 3.10. The SMILES string of the molecule is CNC(=O)CN1CCC(CN(C)Cc2nnc(Cc3ccccc3)o2)CC1. The van der Waals surface area contributed by atoms with Crippen molar-refractivity contribution in [1.29, 1.82) is 0 Å². The van der Waals surface area contributed by atoms with Gasteiger partial charge >= 0.3 is 0 Å². The summed E-state index contributed by atoms with van der Waals surface area (Å²) in [4.78, 5) is 15.9. The van der Waals surface area contributed by atoms with Gasteiger partial charge in [0, 0.05) is 13.6 Å². The Hall–Kier alpha value is -2.25. The van der Waals surface area contributed by atoms with Crippen molar-refractivity contribution in [1.82, 2.24) is 25.3 Å². The first-order valence-electron chi connectivity index (χ1n) is 9.59. The first-order chi connectivity index (χ1) is 13.1. The Labute approximate surface area is 160 Å². The van der Waals surface area contributed by atoms with Crippen molar-refractivity contribution in [3.63, 3.8) is 0 Å². The van der Waals surface area contributed by atoms with E-state index in [9.17, 15) is 4.79 Å². The van der Waals surface area contributed by atoms with Gasteiger partial charge in [-0.2, -0.15) is 0 Å². The molecule has 0 atom stereocenters. The molecule has 1 saturated heterocycles. The topological polar surface area (TPSA) is 74.5 Å². The highest BCUT2D eigenvalue weighted by atomic mass is 16.4. The minimum absolute atomic E-state index is 0.0910. The van der Waals surface area contributed by atoms with Crippen LogP contribution in [0.1, 0.15) is 30.2 Å². The van der Waals surface area contributed by atoms with E-state index in [1.54, 1.807) is 7.05 Å². The summed E-state index contributed by atoms with van der Waals surface area (Å²) < 4.78 is 5.80. The summed E-state index contributed by atoms with van der Waals surface area (Å²) in [6, 6.07) is 10.2. The van der Waals surface area contributed by atoms with Crippen LogP contribution in [0.25, 0.3) is 0 Å². The summed E-state index contributed by atoms with van der Waals surface area (Å²) in [5.41, 5.74) is 1.17. The number of rotatable bonds is 8. The molecule has 3 rings (SSSR count). The standard InChI is InChI=1S/C20H29N5O2/c1-21-18(26)14-25-10-8-17(9-11-25)13-24(2)15-20-23-22-19(27-20)12-16-6-4-3-5-7-16/h3-7,17H,8-15H2,1-2H3,(H,21,26). The molecule has 1 aliphatic heterocycles. The van der Waals surface area contributed by atoms with E-state index >= 15 is 0 Å². The van der Waals surface area contributed by atoms with Gasteiger partial charge in [0.15, 0.2) is 0 Å². The van der Waals surface area contributed by atoms with Gasteiger partial charge < -0.3 is 9.73 Å². The molecule has 27 heavy (non-hydrogen) atoms. The third-order valence-electron chi connectivity index (χ3n) is 5.04. The minimum atomic E-state index is 0.0910. The predicted molar refractivity (Wildman–Crippen MR) is 103 cm³/mol. The quantitative estimate of drug-likeness (QED) is 0.759. The Kier molecular flexibility index (Phi) is 6.95. The van der Waals surface area contributed by atoms with E-state index in [1.165, 1.54) is 5.56 Å². The highest BCUT2D eigenvalue weighted by Crippen LogP contribution is 2.18. The summed E-state index contributed by atoms with van der Waals surface area (Å²) in [7, 11) is 3.78. The van der Waals surface area contributed by atoms with Crippen molar-refractivity contribution in [3.05, 3.63) is 47.7 Å². The molecule has 7 nitrogen and oxygen atoms in total. The molecular weight excluding hydrogens is 342 g/mol. The molecule has 1 aliphatic rings. The Balaban J connectivity index is 1.41. The fourth-order valence-corrected chi connectivity index (χ4v) is 3.54. The Morgan fingerprint density at radius 2 is 1.93 bits per heavy atom. The summed E-state index contributed by atoms with van der Waals surface area (Å²) in [6.07, 6.45) is 2.90. The van der Waals surface area contributed by atoms with E-state index < -0.39 is 0 Å². The van der Waals surface area contributed by atoms with Crippen LogP contribution in [0, 0.1) is 5.92 Å². The highest BCUT2D eigenvalue weighted by Gasteiger charge is 2.22. The number of hydrogen-bond donors (Lipinski definition) is 1. The molecule has 2 aromatic rings. The molecule has 0 unspecified atom stereocenters. The third-order valence-corrected chi connectivity index (χ3v) is 5.04. The smallest absolute Gasteiger partial charge is 0.233 e. The number of aromatic nitrogens is 2. The van der Waals surface area contributed by atoms with Crippen molar-refractivity contribution in [3.8, 4) is 0 Å². The highest BCUT2D eigenvalue weighted by molar-refractivity contribution is 5.77. The van der Waals surface area contributed by atoms with Crippen molar-refractivity contribution in [2.24, 2.45) is 5.92 Å². The molecule has 2 heterocycles. The number of carbonyl (C=O) groups excluding carboxylic acids is 1. The number of carbonyl (C=O) groups is 1. The largest absolute Gasteiger partial charge is 0.424 e. The van der Waals surface area contributed by atoms with E-state index in [4.69, 9.17) is 4.42 Å². The number of nitrogens with zero attached hydrogens (tertiary/aromatic N) is 4. The monoisotopic (exact) mass is 371 g/mol. The minimum Gasteiger partial charge on any atom is -0.424 e. The van der Waals surface area contributed by atoms with E-state index in [1.807, 2.05) is 18.2 Å². The second-order valence-electron chi connectivity index (χ2n) is 7.34. The summed E-state index contributed by atoms with van der Waals surface area (Å²) in [6.45, 7) is 4.14. The lowest BCUT2D eigenvalue weighted by atomic mass is 9.96. The fraction of sp³-hybridized carbons (Fsp3) is 0.550. The van der Waals surface area contributed by atoms with Gasteiger partial charge in [0.2, 0.25) is 17.7 Å². The summed E-state index contributed by atoms with van der Waals surface area (Å²) in [5.74, 6) is 2.06. The van der Waals surface area contributed by atoms with Gasteiger partial charge in [-0.3, -0.25) is 14.6 Å². The molecule has 1 aromatic carbocycles. The first kappa shape index (κ1) is 19.5. The van der Waals surface area contributed by atoms with Gasteiger partial charge in [0.05, 0.1) is 19.5 Å². The second-order valence-corrected chi connectivity index (χ2v) is 7.34. The molecular formula is C20H29N5O2. The van der Waals surface area contributed by atoms with Gasteiger partial charge in [-0.05, 0) is 44.5 Å². The Morgan fingerprint density at radius 1 is 1.22 bits per heavy atom. The van der Waals surface area contributed by atoms with Crippen molar-refractivity contribution < 1.29 is 9.21 Å². The number of hydrogen-bond acceptors (Lipinski definition) is 6. The lowest BCUT2D eigenvalue weighted by Gasteiger charge is -2.33. The average molecular weight is 371 g/mol. The van der Waals surface area contributed by atoms with E-state index in [0.717, 1.165) is 32.5 Å². The summed E-state index contributed by atoms with van der Waals surface area (Å²) >= 11 is 0. The van der Waals surface area contributed by atoms with Crippen molar-refractivity contribution in [2.45, 2.75) is 25.8 Å². The lowest BCUT2D eigenvalue weighted by molar-refractivity contribution is -0.122. The molecule has 146 valence electrons. The zero-order valence-electron chi connectivity index (χ0n) is 16.2. The first-order valence-corrected chi connectivity index (χ1v) is 9.59. The maximum absolute atomic E-state index is 11.5. The number of piperidine rings is 1. The molecule has 0 bridgehead atoms. The van der Waals surface area contributed by atoms with Gasteiger partial charge in [0.25, 0.3) is 0 Å². The van der Waals surface area contributed by atoms with Crippen LogP contribution < -0.4 is 5.32 Å². The van der Waals surface area contributed by atoms with Crippen LogP contribution in [0.4, 0.5) is 0 Å². The van der Waals surface area contributed by atoms with Crippen molar-refractivity contribution in [2.75, 3.05) is 40.3 Å². The van der Waals surface area contributed by atoms with E-state index in [-0.39, 0.29) is 5.91 Å². The lowest BCUT2D eigenvalue weighted by Crippen LogP contribution is -2.42. The van der Waals surface area contributed by atoms with Crippen LogP contribution in [0.2, 0.25) is 0 Å². The molecule has 1 amide bonds. The Morgan fingerprint density at radius 3 is 2.63 bits per heavy atom. The maximum atomic E-state index is 11.5. The third kappa shape index (κ3) is 6.15. The van der Waals surface area contributed by atoms with E-state index in [0.29, 0.717) is 37.2 Å². The molecule has 0 spiro atoms. The van der Waals surface area contributed by atoms with Crippen LogP contribution in [0.5, 0.6) is 0 Å². The number of benzene rings is 1. The Bertz CT molecular complexity index is 710. The zero-order chi connectivity index (χ0) is 19.1. The fourth-order valence-electron chi connectivity index (χ4n) is 3.54. The summed E-state index contributed by atoms with van der Waals surface area (Å²) in [5, 5.41) is 11.0. The maximum Gasteiger partial charge on any atom is 0.233 e. The molecule has 7 heteroatoms. The zero-order valence-corrected chi connectivity index (χ0v) is 16.2. The van der Waals surface area contributed by atoms with Gasteiger partial charge in [-0.15, -0.1) is 10.2 Å².